The highest BCUT2D eigenvalue weighted by Crippen LogP contribution is 2.33. The number of aromatic nitrogens is 2. The fourth-order valence-corrected chi connectivity index (χ4v) is 2.65. The fourth-order valence-electron chi connectivity index (χ4n) is 2.15. The van der Waals surface area contributed by atoms with Crippen molar-refractivity contribution in [2.24, 2.45) is 5.41 Å². The molecule has 21 heavy (non-hydrogen) atoms. The van der Waals surface area contributed by atoms with Crippen molar-refractivity contribution in [1.82, 2.24) is 9.78 Å². The van der Waals surface area contributed by atoms with Gasteiger partial charge in [-0.2, -0.15) is 5.10 Å². The molecule has 2 rings (SSSR count). The summed E-state index contributed by atoms with van der Waals surface area (Å²) in [6.07, 6.45) is 2.70. The van der Waals surface area contributed by atoms with Crippen molar-refractivity contribution >= 4 is 15.9 Å². The Morgan fingerprint density at radius 2 is 1.81 bits per heavy atom. The Kier molecular flexibility index (Phi) is 4.51. The van der Waals surface area contributed by atoms with E-state index in [1.165, 1.54) is 6.07 Å². The zero-order valence-corrected chi connectivity index (χ0v) is 14.3. The number of benzene rings is 1. The molecule has 2 nitrogen and oxygen atoms in total. The molecule has 0 fully saturated rings. The van der Waals surface area contributed by atoms with Crippen molar-refractivity contribution < 1.29 is 8.78 Å². The third-order valence-corrected chi connectivity index (χ3v) is 4.02. The summed E-state index contributed by atoms with van der Waals surface area (Å²) in [5.41, 5.74) is 2.57. The summed E-state index contributed by atoms with van der Waals surface area (Å²) >= 11 is 3.31. The average molecular weight is 357 g/mol. The van der Waals surface area contributed by atoms with Crippen molar-refractivity contribution in [3.8, 4) is 11.3 Å². The van der Waals surface area contributed by atoms with Crippen LogP contribution in [0.1, 0.15) is 32.8 Å². The first-order chi connectivity index (χ1) is 9.69. The zero-order chi connectivity index (χ0) is 15.8. The van der Waals surface area contributed by atoms with Crippen LogP contribution in [0.5, 0.6) is 0 Å². The van der Waals surface area contributed by atoms with Crippen LogP contribution in [0.15, 0.2) is 22.8 Å². The molecule has 0 amide bonds. The van der Waals surface area contributed by atoms with E-state index >= 15 is 0 Å². The number of nitrogens with zero attached hydrogens (tertiary/aromatic N) is 2. The molecule has 0 atom stereocenters. The Hall–Kier alpha value is -1.23. The maximum absolute atomic E-state index is 13.6. The Labute approximate surface area is 132 Å². The van der Waals surface area contributed by atoms with Crippen LogP contribution in [0.25, 0.3) is 11.3 Å². The van der Waals surface area contributed by atoms with Gasteiger partial charge in [0, 0.05) is 16.6 Å². The Bertz CT molecular complexity index is 657. The summed E-state index contributed by atoms with van der Waals surface area (Å²) in [6.45, 7) is 9.14. The maximum Gasteiger partial charge on any atom is 0.159 e. The normalized spacial score (nSPS) is 12.0. The molecule has 2 aromatic rings. The van der Waals surface area contributed by atoms with Gasteiger partial charge in [-0.25, -0.2) is 8.78 Å². The van der Waals surface area contributed by atoms with Gasteiger partial charge in [0.05, 0.1) is 11.9 Å². The summed E-state index contributed by atoms with van der Waals surface area (Å²) < 4.78 is 29.2. The summed E-state index contributed by atoms with van der Waals surface area (Å²) in [5, 5.41) is 4.37. The first kappa shape index (κ1) is 16.1. The van der Waals surface area contributed by atoms with E-state index in [4.69, 9.17) is 0 Å². The van der Waals surface area contributed by atoms with E-state index in [1.807, 2.05) is 11.6 Å². The molecule has 0 aliphatic heterocycles. The lowest BCUT2D eigenvalue weighted by Crippen LogP contribution is -2.12. The van der Waals surface area contributed by atoms with Crippen LogP contribution >= 0.6 is 15.9 Å². The highest BCUT2D eigenvalue weighted by Gasteiger charge is 2.18. The van der Waals surface area contributed by atoms with Gasteiger partial charge in [-0.1, -0.05) is 20.8 Å². The first-order valence-electron chi connectivity index (χ1n) is 6.86. The molecule has 0 aliphatic carbocycles. The molecule has 1 aromatic heterocycles. The molecule has 5 heteroatoms. The van der Waals surface area contributed by atoms with Crippen molar-refractivity contribution in [2.45, 2.75) is 40.7 Å². The van der Waals surface area contributed by atoms with Gasteiger partial charge in [-0.3, -0.25) is 4.68 Å². The average Bonchev–Trinajstić information content (AvgIpc) is 2.72. The van der Waals surface area contributed by atoms with Crippen LogP contribution in [0.4, 0.5) is 8.78 Å². The van der Waals surface area contributed by atoms with Gasteiger partial charge in [-0.05, 0) is 52.4 Å². The van der Waals surface area contributed by atoms with Crippen LogP contribution in [0.2, 0.25) is 0 Å². The molecular formula is C16H19BrF2N2. The molecule has 0 saturated carbocycles. The second-order valence-electron chi connectivity index (χ2n) is 6.46. The van der Waals surface area contributed by atoms with E-state index in [1.54, 1.807) is 6.20 Å². The molecule has 1 aromatic carbocycles. The van der Waals surface area contributed by atoms with E-state index < -0.39 is 11.6 Å². The smallest absolute Gasteiger partial charge is 0.159 e. The third-order valence-electron chi connectivity index (χ3n) is 3.36. The van der Waals surface area contributed by atoms with Crippen LogP contribution in [-0.2, 0) is 6.54 Å². The predicted molar refractivity (Wildman–Crippen MR) is 84.1 cm³/mol. The van der Waals surface area contributed by atoms with Gasteiger partial charge in [0.25, 0.3) is 0 Å². The van der Waals surface area contributed by atoms with Gasteiger partial charge in [0.2, 0.25) is 0 Å². The Balaban J connectivity index is 2.45. The molecule has 0 radical (unpaired) electrons. The third kappa shape index (κ3) is 3.70. The molecule has 0 unspecified atom stereocenters. The van der Waals surface area contributed by atoms with Crippen LogP contribution in [-0.4, -0.2) is 9.78 Å². The number of halogens is 3. The SMILES string of the molecule is Cc1cnn(CCC(C)(C)C)c1-c1cc(F)c(F)cc1Br. The van der Waals surface area contributed by atoms with Crippen molar-refractivity contribution in [2.75, 3.05) is 0 Å². The van der Waals surface area contributed by atoms with E-state index in [-0.39, 0.29) is 5.41 Å². The van der Waals surface area contributed by atoms with Gasteiger partial charge in [0.15, 0.2) is 11.6 Å². The fraction of sp³-hybridized carbons (Fsp3) is 0.438. The Morgan fingerprint density at radius 3 is 2.43 bits per heavy atom. The molecule has 0 N–H and O–H groups in total. The molecule has 114 valence electrons. The lowest BCUT2D eigenvalue weighted by Gasteiger charge is -2.19. The van der Waals surface area contributed by atoms with Crippen LogP contribution in [0, 0.1) is 24.0 Å². The summed E-state index contributed by atoms with van der Waals surface area (Å²) in [7, 11) is 0. The molecule has 0 spiro atoms. The number of rotatable bonds is 3. The van der Waals surface area contributed by atoms with Crippen molar-refractivity contribution in [3.63, 3.8) is 0 Å². The summed E-state index contributed by atoms with van der Waals surface area (Å²) in [4.78, 5) is 0. The largest absolute Gasteiger partial charge is 0.265 e. The summed E-state index contributed by atoms with van der Waals surface area (Å²) in [5.74, 6) is -1.71. The number of hydrogen-bond acceptors (Lipinski definition) is 1. The van der Waals surface area contributed by atoms with Crippen LogP contribution < -0.4 is 0 Å². The van der Waals surface area contributed by atoms with E-state index in [2.05, 4.69) is 41.8 Å². The standard InChI is InChI=1S/C16H19BrF2N2/c1-10-9-20-21(6-5-16(2,3)4)15(10)11-7-13(18)14(19)8-12(11)17/h7-9H,5-6H2,1-4H3. The molecule has 0 bridgehead atoms. The number of aryl methyl sites for hydroxylation is 2. The Morgan fingerprint density at radius 1 is 1.19 bits per heavy atom. The van der Waals surface area contributed by atoms with E-state index in [0.29, 0.717) is 10.0 Å². The van der Waals surface area contributed by atoms with Crippen molar-refractivity contribution in [1.29, 1.82) is 0 Å². The van der Waals surface area contributed by atoms with Gasteiger partial charge in [0.1, 0.15) is 0 Å². The lowest BCUT2D eigenvalue weighted by molar-refractivity contribution is 0.342. The molecule has 0 saturated heterocycles. The van der Waals surface area contributed by atoms with Gasteiger partial charge in [-0.15, -0.1) is 0 Å². The minimum atomic E-state index is -0.857. The lowest BCUT2D eigenvalue weighted by atomic mass is 9.92. The van der Waals surface area contributed by atoms with Crippen LogP contribution in [0.3, 0.4) is 0 Å². The quantitative estimate of drug-likeness (QED) is 0.679. The maximum atomic E-state index is 13.6. The number of hydrogen-bond donors (Lipinski definition) is 0. The van der Waals surface area contributed by atoms with Gasteiger partial charge < -0.3 is 0 Å². The predicted octanol–water partition coefficient (Wildman–Crippen LogP) is 5.34. The highest BCUT2D eigenvalue weighted by molar-refractivity contribution is 9.10. The highest BCUT2D eigenvalue weighted by atomic mass is 79.9. The molecular weight excluding hydrogens is 338 g/mol. The zero-order valence-electron chi connectivity index (χ0n) is 12.7. The minimum absolute atomic E-state index is 0.183. The second-order valence-corrected chi connectivity index (χ2v) is 7.31. The topological polar surface area (TPSA) is 17.8 Å². The van der Waals surface area contributed by atoms with Crippen molar-refractivity contribution in [3.05, 3.63) is 40.0 Å². The van der Waals surface area contributed by atoms with Gasteiger partial charge >= 0.3 is 0 Å². The summed E-state index contributed by atoms with van der Waals surface area (Å²) in [6, 6.07) is 2.38. The second kappa shape index (κ2) is 5.87. The van der Waals surface area contributed by atoms with E-state index in [9.17, 15) is 8.78 Å². The van der Waals surface area contributed by atoms with E-state index in [0.717, 1.165) is 30.3 Å². The monoisotopic (exact) mass is 356 g/mol. The first-order valence-corrected chi connectivity index (χ1v) is 7.65. The molecule has 1 heterocycles. The minimum Gasteiger partial charge on any atom is -0.265 e. The molecule has 0 aliphatic rings.